The first-order valence-electron chi connectivity index (χ1n) is 5.32. The van der Waals surface area contributed by atoms with Crippen LogP contribution in [0.4, 0.5) is 5.82 Å². The van der Waals surface area contributed by atoms with E-state index < -0.39 is 0 Å². The molecule has 0 fully saturated rings. The summed E-state index contributed by atoms with van der Waals surface area (Å²) in [5, 5.41) is 8.06. The van der Waals surface area contributed by atoms with Gasteiger partial charge in [0.2, 0.25) is 0 Å². The lowest BCUT2D eigenvalue weighted by Crippen LogP contribution is -2.25. The van der Waals surface area contributed by atoms with Gasteiger partial charge in [-0.3, -0.25) is 0 Å². The van der Waals surface area contributed by atoms with E-state index in [1.54, 1.807) is 0 Å². The first-order chi connectivity index (χ1) is 6.69. The van der Waals surface area contributed by atoms with E-state index in [2.05, 4.69) is 42.9 Å². The molecule has 0 unspecified atom stereocenters. The molecule has 1 rings (SSSR count). The van der Waals surface area contributed by atoms with E-state index in [0.29, 0.717) is 5.92 Å². The van der Waals surface area contributed by atoms with Crippen LogP contribution in [0, 0.1) is 5.92 Å². The molecule has 14 heavy (non-hydrogen) atoms. The highest BCUT2D eigenvalue weighted by Crippen LogP contribution is 2.12. The van der Waals surface area contributed by atoms with Crippen molar-refractivity contribution >= 4 is 5.82 Å². The van der Waals surface area contributed by atoms with Crippen LogP contribution in [0.1, 0.15) is 27.7 Å². The third-order valence-electron chi connectivity index (χ3n) is 2.22. The van der Waals surface area contributed by atoms with Crippen molar-refractivity contribution in [1.82, 2.24) is 15.0 Å². The Morgan fingerprint density at radius 2 is 2.00 bits per heavy atom. The second-order valence-electron chi connectivity index (χ2n) is 3.84. The van der Waals surface area contributed by atoms with Gasteiger partial charge in [0.05, 0.1) is 6.20 Å². The highest BCUT2D eigenvalue weighted by atomic mass is 15.5. The predicted molar refractivity (Wildman–Crippen MR) is 58.4 cm³/mol. The van der Waals surface area contributed by atoms with Crippen molar-refractivity contribution in [1.29, 1.82) is 0 Å². The molecule has 0 atom stereocenters. The van der Waals surface area contributed by atoms with Gasteiger partial charge in [-0.15, -0.1) is 5.10 Å². The third kappa shape index (κ3) is 2.47. The summed E-state index contributed by atoms with van der Waals surface area (Å²) in [5.74, 6) is 1.73. The Morgan fingerprint density at radius 1 is 1.36 bits per heavy atom. The van der Waals surface area contributed by atoms with Gasteiger partial charge < -0.3 is 4.90 Å². The highest BCUT2D eigenvalue weighted by Gasteiger charge is 2.10. The van der Waals surface area contributed by atoms with E-state index >= 15 is 0 Å². The van der Waals surface area contributed by atoms with E-state index in [1.165, 1.54) is 0 Å². The second-order valence-corrected chi connectivity index (χ2v) is 3.84. The molecule has 1 aromatic heterocycles. The van der Waals surface area contributed by atoms with Gasteiger partial charge >= 0.3 is 0 Å². The smallest absolute Gasteiger partial charge is 0.147 e. The van der Waals surface area contributed by atoms with E-state index in [4.69, 9.17) is 0 Å². The average molecular weight is 196 g/mol. The Bertz CT molecular complexity index is 263. The maximum atomic E-state index is 4.10. The Morgan fingerprint density at radius 3 is 2.50 bits per heavy atom. The number of aromatic nitrogens is 3. The minimum atomic E-state index is 0.603. The molecule has 0 aliphatic heterocycles. The van der Waals surface area contributed by atoms with Gasteiger partial charge in [-0.25, -0.2) is 4.68 Å². The third-order valence-corrected chi connectivity index (χ3v) is 2.22. The zero-order valence-corrected chi connectivity index (χ0v) is 9.56. The van der Waals surface area contributed by atoms with Gasteiger partial charge in [-0.05, 0) is 19.8 Å². The summed E-state index contributed by atoms with van der Waals surface area (Å²) >= 11 is 0. The standard InChI is InChI=1S/C10H20N4/c1-5-13(6-2)10-7-11-12-14(10)8-9(3)4/h7,9H,5-6,8H2,1-4H3. The molecular formula is C10H20N4. The fourth-order valence-corrected chi connectivity index (χ4v) is 1.52. The van der Waals surface area contributed by atoms with Gasteiger partial charge in [-0.1, -0.05) is 19.1 Å². The molecule has 0 spiro atoms. The number of anilines is 1. The normalized spacial score (nSPS) is 10.9. The number of hydrogen-bond donors (Lipinski definition) is 0. The molecule has 0 saturated carbocycles. The summed E-state index contributed by atoms with van der Waals surface area (Å²) in [4.78, 5) is 2.27. The molecule has 0 saturated heterocycles. The van der Waals surface area contributed by atoms with Crippen LogP contribution in [0.25, 0.3) is 0 Å². The van der Waals surface area contributed by atoms with Crippen LogP contribution in [0.5, 0.6) is 0 Å². The molecule has 1 heterocycles. The summed E-state index contributed by atoms with van der Waals surface area (Å²) in [6.45, 7) is 11.6. The van der Waals surface area contributed by atoms with Crippen LogP contribution >= 0.6 is 0 Å². The summed E-state index contributed by atoms with van der Waals surface area (Å²) in [6.07, 6.45) is 1.84. The fraction of sp³-hybridized carbons (Fsp3) is 0.800. The molecule has 0 radical (unpaired) electrons. The lowest BCUT2D eigenvalue weighted by molar-refractivity contribution is 0.470. The summed E-state index contributed by atoms with van der Waals surface area (Å²) < 4.78 is 1.98. The van der Waals surface area contributed by atoms with Crippen LogP contribution < -0.4 is 4.90 Å². The lowest BCUT2D eigenvalue weighted by atomic mass is 10.2. The van der Waals surface area contributed by atoms with Gasteiger partial charge in [-0.2, -0.15) is 0 Å². The van der Waals surface area contributed by atoms with Crippen molar-refractivity contribution in [2.24, 2.45) is 5.92 Å². The predicted octanol–water partition coefficient (Wildman–Crippen LogP) is 1.78. The van der Waals surface area contributed by atoms with Crippen LogP contribution in [0.2, 0.25) is 0 Å². The lowest BCUT2D eigenvalue weighted by Gasteiger charge is -2.21. The number of rotatable bonds is 5. The topological polar surface area (TPSA) is 34.0 Å². The first kappa shape index (κ1) is 11.0. The van der Waals surface area contributed by atoms with Crippen molar-refractivity contribution < 1.29 is 0 Å². The number of hydrogen-bond acceptors (Lipinski definition) is 3. The minimum Gasteiger partial charge on any atom is -0.356 e. The highest BCUT2D eigenvalue weighted by molar-refractivity contribution is 5.35. The second kappa shape index (κ2) is 4.98. The monoisotopic (exact) mass is 196 g/mol. The minimum absolute atomic E-state index is 0.603. The van der Waals surface area contributed by atoms with E-state index in [1.807, 2.05) is 10.9 Å². The zero-order chi connectivity index (χ0) is 10.6. The molecule has 4 nitrogen and oxygen atoms in total. The summed E-state index contributed by atoms with van der Waals surface area (Å²) in [6, 6.07) is 0. The van der Waals surface area contributed by atoms with Crippen molar-refractivity contribution in [2.45, 2.75) is 34.2 Å². The number of nitrogens with zero attached hydrogens (tertiary/aromatic N) is 4. The molecule has 0 amide bonds. The van der Waals surface area contributed by atoms with Gasteiger partial charge in [0.25, 0.3) is 0 Å². The molecule has 0 aliphatic carbocycles. The quantitative estimate of drug-likeness (QED) is 0.720. The van der Waals surface area contributed by atoms with Crippen LogP contribution in [-0.4, -0.2) is 28.1 Å². The zero-order valence-electron chi connectivity index (χ0n) is 9.56. The molecule has 4 heteroatoms. The summed E-state index contributed by atoms with van der Waals surface area (Å²) in [7, 11) is 0. The van der Waals surface area contributed by atoms with Crippen molar-refractivity contribution in [2.75, 3.05) is 18.0 Å². The molecule has 0 N–H and O–H groups in total. The van der Waals surface area contributed by atoms with Gasteiger partial charge in [0.15, 0.2) is 0 Å². The van der Waals surface area contributed by atoms with E-state index in [0.717, 1.165) is 25.5 Å². The van der Waals surface area contributed by atoms with Crippen molar-refractivity contribution in [3.63, 3.8) is 0 Å². The Labute approximate surface area is 85.9 Å². The van der Waals surface area contributed by atoms with Crippen molar-refractivity contribution in [3.8, 4) is 0 Å². The first-order valence-corrected chi connectivity index (χ1v) is 5.32. The molecule has 0 aromatic carbocycles. The molecule has 0 bridgehead atoms. The fourth-order valence-electron chi connectivity index (χ4n) is 1.52. The van der Waals surface area contributed by atoms with Crippen LogP contribution in [-0.2, 0) is 6.54 Å². The SMILES string of the molecule is CCN(CC)c1cnnn1CC(C)C. The van der Waals surface area contributed by atoms with Gasteiger partial charge in [0, 0.05) is 19.6 Å². The Kier molecular flexibility index (Phi) is 3.92. The molecule has 1 aromatic rings. The Hall–Kier alpha value is -1.06. The maximum Gasteiger partial charge on any atom is 0.147 e. The largest absolute Gasteiger partial charge is 0.356 e. The molecule has 0 aliphatic rings. The maximum absolute atomic E-state index is 4.10. The Balaban J connectivity index is 2.80. The van der Waals surface area contributed by atoms with Crippen LogP contribution in [0.15, 0.2) is 6.20 Å². The van der Waals surface area contributed by atoms with Crippen LogP contribution in [0.3, 0.4) is 0 Å². The molecule has 80 valence electrons. The van der Waals surface area contributed by atoms with Gasteiger partial charge in [0.1, 0.15) is 5.82 Å². The summed E-state index contributed by atoms with van der Waals surface area (Å²) in [5.41, 5.74) is 0. The average Bonchev–Trinajstić information content (AvgIpc) is 2.55. The molecular weight excluding hydrogens is 176 g/mol. The van der Waals surface area contributed by atoms with Crippen molar-refractivity contribution in [3.05, 3.63) is 6.20 Å². The van der Waals surface area contributed by atoms with E-state index in [-0.39, 0.29) is 0 Å². The van der Waals surface area contributed by atoms with E-state index in [9.17, 15) is 0 Å².